The highest BCUT2D eigenvalue weighted by Gasteiger charge is 2.20. The van der Waals surface area contributed by atoms with Crippen LogP contribution in [0.1, 0.15) is 38.8 Å². The maximum atomic E-state index is 12.1. The normalized spacial score (nSPS) is 11.5. The fraction of sp³-hybridized carbons (Fsp3) is 0.333. The molecule has 0 aromatic heterocycles. The van der Waals surface area contributed by atoms with Crippen LogP contribution in [0.5, 0.6) is 11.5 Å². The quantitative estimate of drug-likeness (QED) is 0.398. The number of ether oxygens (including phenoxy) is 2. The number of hydrogen-bond donors (Lipinski definition) is 1. The number of hydrogen-bond acceptors (Lipinski definition) is 4. The molecule has 0 aliphatic carbocycles. The van der Waals surface area contributed by atoms with Crippen LogP contribution in [0.25, 0.3) is 0 Å². The molecule has 0 saturated carbocycles. The van der Waals surface area contributed by atoms with Gasteiger partial charge in [0.25, 0.3) is 5.91 Å². The molecule has 0 heterocycles. The van der Waals surface area contributed by atoms with Crippen molar-refractivity contribution in [2.75, 3.05) is 13.2 Å². The van der Waals surface area contributed by atoms with E-state index in [2.05, 4.69) is 63.2 Å². The summed E-state index contributed by atoms with van der Waals surface area (Å²) in [6, 6.07) is 11.4. The van der Waals surface area contributed by atoms with Crippen molar-refractivity contribution in [1.29, 1.82) is 0 Å². The first-order chi connectivity index (χ1) is 13.2. The number of benzene rings is 2. The van der Waals surface area contributed by atoms with Gasteiger partial charge in [0.2, 0.25) is 0 Å². The minimum atomic E-state index is -0.341. The van der Waals surface area contributed by atoms with Crippen LogP contribution in [-0.4, -0.2) is 25.3 Å². The van der Waals surface area contributed by atoms with Crippen LogP contribution in [0.2, 0.25) is 0 Å². The second-order valence-corrected chi connectivity index (χ2v) is 8.92. The summed E-state index contributed by atoms with van der Waals surface area (Å²) in [5.74, 6) is 1.04. The standard InChI is InChI=1S/C21H24Br2N2O3/c1-5-27-18-8-6-15(22)10-14(18)12-24-25-20(26)13-28-19-9-7-16(23)11-17(19)21(2,3)4/h6-12H,5,13H2,1-4H3,(H,25,26)/b24-12+. The van der Waals surface area contributed by atoms with Gasteiger partial charge in [0, 0.05) is 20.1 Å². The van der Waals surface area contributed by atoms with Crippen molar-refractivity contribution in [3.63, 3.8) is 0 Å². The van der Waals surface area contributed by atoms with E-state index in [1.165, 1.54) is 0 Å². The number of carbonyl (C=O) groups excluding carboxylic acids is 1. The first-order valence-corrected chi connectivity index (χ1v) is 10.5. The van der Waals surface area contributed by atoms with Crippen LogP contribution >= 0.6 is 31.9 Å². The van der Waals surface area contributed by atoms with Crippen LogP contribution < -0.4 is 14.9 Å². The molecule has 2 aromatic carbocycles. The molecule has 0 spiro atoms. The van der Waals surface area contributed by atoms with E-state index in [0.717, 1.165) is 20.1 Å². The van der Waals surface area contributed by atoms with Crippen molar-refractivity contribution in [3.05, 3.63) is 56.5 Å². The molecule has 0 aliphatic heterocycles. The van der Waals surface area contributed by atoms with Crippen LogP contribution in [0.3, 0.4) is 0 Å². The number of nitrogens with one attached hydrogen (secondary N) is 1. The topological polar surface area (TPSA) is 59.9 Å². The molecule has 0 radical (unpaired) electrons. The third-order valence-corrected chi connectivity index (χ3v) is 4.76. The number of carbonyl (C=O) groups is 1. The SMILES string of the molecule is CCOc1ccc(Br)cc1/C=N/NC(=O)COc1ccc(Br)cc1C(C)(C)C. The largest absolute Gasteiger partial charge is 0.493 e. The fourth-order valence-corrected chi connectivity index (χ4v) is 3.21. The van der Waals surface area contributed by atoms with E-state index >= 15 is 0 Å². The molecule has 0 bridgehead atoms. The van der Waals surface area contributed by atoms with E-state index in [0.29, 0.717) is 18.1 Å². The second-order valence-electron chi connectivity index (χ2n) is 7.09. The van der Waals surface area contributed by atoms with E-state index < -0.39 is 0 Å². The van der Waals surface area contributed by atoms with E-state index in [1.54, 1.807) is 6.21 Å². The average molecular weight is 512 g/mol. The van der Waals surface area contributed by atoms with Crippen molar-refractivity contribution in [1.82, 2.24) is 5.43 Å². The van der Waals surface area contributed by atoms with Gasteiger partial charge in [0.15, 0.2) is 6.61 Å². The second kappa shape index (κ2) is 10.1. The molecule has 2 rings (SSSR count). The lowest BCUT2D eigenvalue weighted by Crippen LogP contribution is -2.25. The summed E-state index contributed by atoms with van der Waals surface area (Å²) < 4.78 is 13.2. The van der Waals surface area contributed by atoms with Crippen molar-refractivity contribution in [2.45, 2.75) is 33.1 Å². The zero-order chi connectivity index (χ0) is 20.7. The van der Waals surface area contributed by atoms with E-state index in [9.17, 15) is 4.79 Å². The first kappa shape index (κ1) is 22.4. The Bertz CT molecular complexity index is 861. The minimum absolute atomic E-state index is 0.107. The predicted octanol–water partition coefficient (Wildman–Crippen LogP) is 5.44. The molecule has 0 saturated heterocycles. The summed E-state index contributed by atoms with van der Waals surface area (Å²) in [5, 5.41) is 4.01. The summed E-state index contributed by atoms with van der Waals surface area (Å²) in [4.78, 5) is 12.1. The van der Waals surface area contributed by atoms with Gasteiger partial charge in [-0.2, -0.15) is 5.10 Å². The Morgan fingerprint density at radius 2 is 1.71 bits per heavy atom. The van der Waals surface area contributed by atoms with Crippen LogP contribution in [0.4, 0.5) is 0 Å². The number of amides is 1. The molecule has 0 fully saturated rings. The molecule has 1 N–H and O–H groups in total. The Balaban J connectivity index is 1.99. The molecule has 5 nitrogen and oxygen atoms in total. The van der Waals surface area contributed by atoms with Crippen molar-refractivity contribution in [2.24, 2.45) is 5.10 Å². The molecule has 150 valence electrons. The maximum absolute atomic E-state index is 12.1. The monoisotopic (exact) mass is 510 g/mol. The van der Waals surface area contributed by atoms with Crippen molar-refractivity contribution in [3.8, 4) is 11.5 Å². The van der Waals surface area contributed by atoms with Gasteiger partial charge in [-0.05, 0) is 48.7 Å². The Morgan fingerprint density at radius 3 is 2.36 bits per heavy atom. The summed E-state index contributed by atoms with van der Waals surface area (Å²) in [6.45, 7) is 8.63. The Morgan fingerprint density at radius 1 is 1.07 bits per heavy atom. The Labute approximate surface area is 182 Å². The Hall–Kier alpha value is -1.86. The zero-order valence-electron chi connectivity index (χ0n) is 16.4. The van der Waals surface area contributed by atoms with Crippen molar-refractivity contribution >= 4 is 44.0 Å². The summed E-state index contributed by atoms with van der Waals surface area (Å²) in [7, 11) is 0. The van der Waals surface area contributed by atoms with Gasteiger partial charge in [-0.15, -0.1) is 0 Å². The van der Waals surface area contributed by atoms with Gasteiger partial charge >= 0.3 is 0 Å². The van der Waals surface area contributed by atoms with Gasteiger partial charge in [0.1, 0.15) is 11.5 Å². The van der Waals surface area contributed by atoms with Crippen LogP contribution in [0.15, 0.2) is 50.4 Å². The fourth-order valence-electron chi connectivity index (χ4n) is 2.47. The van der Waals surface area contributed by atoms with E-state index in [1.807, 2.05) is 43.3 Å². The summed E-state index contributed by atoms with van der Waals surface area (Å²) >= 11 is 6.90. The molecule has 0 unspecified atom stereocenters. The lowest BCUT2D eigenvalue weighted by molar-refractivity contribution is -0.123. The van der Waals surface area contributed by atoms with Crippen LogP contribution in [0, 0.1) is 0 Å². The summed E-state index contributed by atoms with van der Waals surface area (Å²) in [6.07, 6.45) is 1.55. The highest BCUT2D eigenvalue weighted by atomic mass is 79.9. The highest BCUT2D eigenvalue weighted by Crippen LogP contribution is 2.33. The van der Waals surface area contributed by atoms with Gasteiger partial charge in [-0.25, -0.2) is 5.43 Å². The molecular weight excluding hydrogens is 488 g/mol. The number of rotatable bonds is 7. The zero-order valence-corrected chi connectivity index (χ0v) is 19.6. The molecular formula is C21H24Br2N2O3. The molecule has 28 heavy (non-hydrogen) atoms. The minimum Gasteiger partial charge on any atom is -0.493 e. The Kier molecular flexibility index (Phi) is 8.07. The number of nitrogens with zero attached hydrogens (tertiary/aromatic N) is 1. The molecule has 7 heteroatoms. The molecule has 0 aliphatic rings. The molecule has 0 atom stereocenters. The van der Waals surface area contributed by atoms with Gasteiger partial charge < -0.3 is 9.47 Å². The number of halogens is 2. The van der Waals surface area contributed by atoms with Crippen LogP contribution in [-0.2, 0) is 10.2 Å². The van der Waals surface area contributed by atoms with E-state index in [4.69, 9.17) is 9.47 Å². The third-order valence-electron chi connectivity index (χ3n) is 3.77. The smallest absolute Gasteiger partial charge is 0.277 e. The van der Waals surface area contributed by atoms with E-state index in [-0.39, 0.29) is 17.9 Å². The molecule has 1 amide bonds. The summed E-state index contributed by atoms with van der Waals surface area (Å²) in [5.41, 5.74) is 4.16. The van der Waals surface area contributed by atoms with Gasteiger partial charge in [-0.1, -0.05) is 52.6 Å². The van der Waals surface area contributed by atoms with Crippen molar-refractivity contribution < 1.29 is 14.3 Å². The highest BCUT2D eigenvalue weighted by molar-refractivity contribution is 9.10. The van der Waals surface area contributed by atoms with Gasteiger partial charge in [0.05, 0.1) is 12.8 Å². The van der Waals surface area contributed by atoms with Gasteiger partial charge in [-0.3, -0.25) is 4.79 Å². The maximum Gasteiger partial charge on any atom is 0.277 e. The lowest BCUT2D eigenvalue weighted by Gasteiger charge is -2.23. The first-order valence-electron chi connectivity index (χ1n) is 8.87. The number of hydrazone groups is 1. The predicted molar refractivity (Wildman–Crippen MR) is 119 cm³/mol. The third kappa shape index (κ3) is 6.63. The average Bonchev–Trinajstić information content (AvgIpc) is 2.62. The molecule has 2 aromatic rings. The lowest BCUT2D eigenvalue weighted by atomic mass is 9.86.